The van der Waals surface area contributed by atoms with Gasteiger partial charge >= 0.3 is 0 Å². The van der Waals surface area contributed by atoms with E-state index < -0.39 is 0 Å². The quantitative estimate of drug-likeness (QED) is 0.767. The highest BCUT2D eigenvalue weighted by Crippen LogP contribution is 2.20. The summed E-state index contributed by atoms with van der Waals surface area (Å²) in [6.07, 6.45) is 1.02. The summed E-state index contributed by atoms with van der Waals surface area (Å²) in [5.74, 6) is -0.166. The van der Waals surface area contributed by atoms with Crippen LogP contribution in [0.15, 0.2) is 48.5 Å². The van der Waals surface area contributed by atoms with Crippen molar-refractivity contribution >= 4 is 29.1 Å². The average Bonchev–Trinajstić information content (AvgIpc) is 2.54. The van der Waals surface area contributed by atoms with E-state index in [1.54, 1.807) is 23.1 Å². The third-order valence-corrected chi connectivity index (χ3v) is 3.84. The number of nitrogens with zero attached hydrogens (tertiary/aromatic N) is 2. The van der Waals surface area contributed by atoms with Crippen LogP contribution in [0, 0.1) is 11.3 Å². The topological polar surface area (TPSA) is 44.1 Å². The smallest absolute Gasteiger partial charge is 0.253 e. The normalized spacial score (nSPS) is 10.1. The molecule has 0 saturated carbocycles. The van der Waals surface area contributed by atoms with Crippen LogP contribution in [0.1, 0.15) is 22.3 Å². The Morgan fingerprint density at radius 1 is 1.04 bits per heavy atom. The molecule has 0 bridgehead atoms. The van der Waals surface area contributed by atoms with Gasteiger partial charge in [0.05, 0.1) is 12.5 Å². The molecule has 2 aromatic rings. The van der Waals surface area contributed by atoms with Crippen LogP contribution in [0.3, 0.4) is 0 Å². The van der Waals surface area contributed by atoms with Gasteiger partial charge in [0.2, 0.25) is 0 Å². The van der Waals surface area contributed by atoms with Crippen molar-refractivity contribution in [1.29, 1.82) is 5.26 Å². The van der Waals surface area contributed by atoms with Crippen molar-refractivity contribution in [1.82, 2.24) is 4.90 Å². The molecular weight excluding hydrogens is 331 g/mol. The summed E-state index contributed by atoms with van der Waals surface area (Å²) >= 11 is 11.9. The summed E-state index contributed by atoms with van der Waals surface area (Å²) in [6, 6.07) is 16.8. The Morgan fingerprint density at radius 2 is 1.70 bits per heavy atom. The lowest BCUT2D eigenvalue weighted by atomic mass is 10.1. The number of nitriles is 1. The Kier molecular flexibility index (Phi) is 6.46. The molecule has 0 spiro atoms. The Balaban J connectivity index is 2.13. The Morgan fingerprint density at radius 3 is 2.30 bits per heavy atom. The van der Waals surface area contributed by atoms with Crippen LogP contribution in [0.5, 0.6) is 0 Å². The number of halogens is 2. The maximum Gasteiger partial charge on any atom is 0.253 e. The average molecular weight is 347 g/mol. The first kappa shape index (κ1) is 17.3. The largest absolute Gasteiger partial charge is 0.337 e. The first-order valence-electron chi connectivity index (χ1n) is 7.26. The second-order valence-corrected chi connectivity index (χ2v) is 5.97. The SMILES string of the molecule is N#CCCN(CCc1ccccc1)C(=O)c1cc(Cl)cc(Cl)c1. The molecule has 3 nitrogen and oxygen atoms in total. The molecule has 0 heterocycles. The minimum absolute atomic E-state index is 0.166. The monoisotopic (exact) mass is 346 g/mol. The molecule has 0 fully saturated rings. The fraction of sp³-hybridized carbons (Fsp3) is 0.222. The highest BCUT2D eigenvalue weighted by atomic mass is 35.5. The van der Waals surface area contributed by atoms with E-state index >= 15 is 0 Å². The first-order valence-corrected chi connectivity index (χ1v) is 8.02. The Bertz CT molecular complexity index is 690. The van der Waals surface area contributed by atoms with Crippen molar-refractivity contribution in [3.05, 3.63) is 69.7 Å². The molecule has 0 unspecified atom stereocenters. The standard InChI is InChI=1S/C18H16Cl2N2O/c19-16-11-15(12-17(20)13-16)18(23)22(9-4-8-21)10-7-14-5-2-1-3-6-14/h1-3,5-6,11-13H,4,7,9-10H2. The summed E-state index contributed by atoms with van der Waals surface area (Å²) in [7, 11) is 0. The van der Waals surface area contributed by atoms with Crippen LogP contribution in [0.4, 0.5) is 0 Å². The van der Waals surface area contributed by atoms with Gasteiger partial charge in [-0.2, -0.15) is 5.26 Å². The summed E-state index contributed by atoms with van der Waals surface area (Å²) in [5, 5.41) is 9.65. The molecule has 23 heavy (non-hydrogen) atoms. The maximum absolute atomic E-state index is 12.7. The Labute approximate surface area is 146 Å². The predicted molar refractivity (Wildman–Crippen MR) is 92.7 cm³/mol. The number of carbonyl (C=O) groups excluding carboxylic acids is 1. The zero-order valence-corrected chi connectivity index (χ0v) is 14.0. The zero-order valence-electron chi connectivity index (χ0n) is 12.5. The van der Waals surface area contributed by atoms with E-state index in [0.717, 1.165) is 12.0 Å². The molecule has 2 aromatic carbocycles. The first-order chi connectivity index (χ1) is 11.1. The molecular formula is C18H16Cl2N2O. The van der Waals surface area contributed by atoms with Gasteiger partial charge in [0, 0.05) is 28.7 Å². The molecule has 0 radical (unpaired) electrons. The molecule has 0 saturated heterocycles. The molecule has 5 heteroatoms. The van der Waals surface area contributed by atoms with Gasteiger partial charge < -0.3 is 4.90 Å². The van der Waals surface area contributed by atoms with E-state index in [2.05, 4.69) is 6.07 Å². The number of hydrogen-bond donors (Lipinski definition) is 0. The minimum atomic E-state index is -0.166. The maximum atomic E-state index is 12.7. The lowest BCUT2D eigenvalue weighted by Gasteiger charge is -2.22. The van der Waals surface area contributed by atoms with Gasteiger partial charge in [0.15, 0.2) is 0 Å². The van der Waals surface area contributed by atoms with Crippen LogP contribution in [-0.4, -0.2) is 23.9 Å². The number of amides is 1. The van der Waals surface area contributed by atoms with Gasteiger partial charge in [-0.3, -0.25) is 4.79 Å². The number of rotatable bonds is 6. The molecule has 0 aliphatic carbocycles. The number of benzene rings is 2. The van der Waals surface area contributed by atoms with Crippen molar-refractivity contribution in [3.63, 3.8) is 0 Å². The molecule has 0 aliphatic heterocycles. The molecule has 0 aliphatic rings. The van der Waals surface area contributed by atoms with E-state index in [1.807, 2.05) is 30.3 Å². The molecule has 0 N–H and O–H groups in total. The van der Waals surface area contributed by atoms with Gasteiger partial charge in [-0.25, -0.2) is 0 Å². The highest BCUT2D eigenvalue weighted by Gasteiger charge is 2.16. The molecule has 1 amide bonds. The molecule has 0 atom stereocenters. The third kappa shape index (κ3) is 5.28. The fourth-order valence-corrected chi connectivity index (χ4v) is 2.79. The van der Waals surface area contributed by atoms with E-state index in [9.17, 15) is 4.79 Å². The second kappa shape index (κ2) is 8.57. The van der Waals surface area contributed by atoms with Gasteiger partial charge in [-0.05, 0) is 30.2 Å². The summed E-state index contributed by atoms with van der Waals surface area (Å²) in [4.78, 5) is 14.3. The zero-order chi connectivity index (χ0) is 16.7. The molecule has 2 rings (SSSR count). The van der Waals surface area contributed by atoms with E-state index in [0.29, 0.717) is 28.7 Å². The van der Waals surface area contributed by atoms with Gasteiger partial charge in [-0.15, -0.1) is 0 Å². The van der Waals surface area contributed by atoms with Crippen molar-refractivity contribution in [2.24, 2.45) is 0 Å². The minimum Gasteiger partial charge on any atom is -0.337 e. The predicted octanol–water partition coefficient (Wildman–Crippen LogP) is 4.59. The summed E-state index contributed by atoms with van der Waals surface area (Å²) in [6.45, 7) is 0.918. The van der Waals surface area contributed by atoms with Crippen LogP contribution in [0.2, 0.25) is 10.0 Å². The summed E-state index contributed by atoms with van der Waals surface area (Å²) < 4.78 is 0. The van der Waals surface area contributed by atoms with Crippen LogP contribution in [0.25, 0.3) is 0 Å². The lowest BCUT2D eigenvalue weighted by Crippen LogP contribution is -2.33. The third-order valence-electron chi connectivity index (χ3n) is 3.40. The van der Waals surface area contributed by atoms with Crippen molar-refractivity contribution < 1.29 is 4.79 Å². The number of hydrogen-bond acceptors (Lipinski definition) is 2. The highest BCUT2D eigenvalue weighted by molar-refractivity contribution is 6.35. The van der Waals surface area contributed by atoms with Crippen LogP contribution in [-0.2, 0) is 6.42 Å². The van der Waals surface area contributed by atoms with Crippen molar-refractivity contribution in [3.8, 4) is 6.07 Å². The van der Waals surface area contributed by atoms with Crippen LogP contribution < -0.4 is 0 Å². The van der Waals surface area contributed by atoms with E-state index in [-0.39, 0.29) is 12.3 Å². The summed E-state index contributed by atoms with van der Waals surface area (Å²) in [5.41, 5.74) is 1.58. The second-order valence-electron chi connectivity index (χ2n) is 5.09. The lowest BCUT2D eigenvalue weighted by molar-refractivity contribution is 0.0761. The van der Waals surface area contributed by atoms with Crippen LogP contribution >= 0.6 is 23.2 Å². The molecule has 0 aromatic heterocycles. The number of carbonyl (C=O) groups is 1. The fourth-order valence-electron chi connectivity index (χ4n) is 2.27. The van der Waals surface area contributed by atoms with Crippen molar-refractivity contribution in [2.75, 3.05) is 13.1 Å². The van der Waals surface area contributed by atoms with Gasteiger partial charge in [0.1, 0.15) is 0 Å². The van der Waals surface area contributed by atoms with Gasteiger partial charge in [0.25, 0.3) is 5.91 Å². The molecule has 118 valence electrons. The van der Waals surface area contributed by atoms with Crippen molar-refractivity contribution in [2.45, 2.75) is 12.8 Å². The van der Waals surface area contributed by atoms with E-state index in [1.165, 1.54) is 0 Å². The van der Waals surface area contributed by atoms with Gasteiger partial charge in [-0.1, -0.05) is 53.5 Å². The van der Waals surface area contributed by atoms with E-state index in [4.69, 9.17) is 28.5 Å². The Hall–Kier alpha value is -2.02.